The molecule has 1 rings (SSSR count). The van der Waals surface area contributed by atoms with Gasteiger partial charge in [0.2, 0.25) is 0 Å². The lowest BCUT2D eigenvalue weighted by Gasteiger charge is -2.08. The van der Waals surface area contributed by atoms with E-state index in [2.05, 4.69) is 6.92 Å². The third kappa shape index (κ3) is 10.4. The van der Waals surface area contributed by atoms with Gasteiger partial charge in [-0.1, -0.05) is 51.5 Å². The number of unbranched alkanes of at least 4 members (excludes halogenated alkanes) is 5. The summed E-state index contributed by atoms with van der Waals surface area (Å²) in [4.78, 5) is 12.4. The van der Waals surface area contributed by atoms with Crippen LogP contribution in [-0.4, -0.2) is 27.4 Å². The largest absolute Gasteiger partial charge is 0.481 e. The predicted molar refractivity (Wildman–Crippen MR) is 104 cm³/mol. The summed E-state index contributed by atoms with van der Waals surface area (Å²) >= 11 is 1.54. The Hall–Kier alpha value is -1.17. The van der Waals surface area contributed by atoms with E-state index in [9.17, 15) is 15.0 Å². The second-order valence-electron chi connectivity index (χ2n) is 6.52. The number of aliphatic hydroxyl groups is 2. The van der Waals surface area contributed by atoms with Crippen LogP contribution in [0.2, 0.25) is 0 Å². The quantitative estimate of drug-likeness (QED) is 0.396. The highest BCUT2D eigenvalue weighted by molar-refractivity contribution is 7.12. The van der Waals surface area contributed by atoms with Crippen LogP contribution in [0.15, 0.2) is 18.2 Å². The summed E-state index contributed by atoms with van der Waals surface area (Å²) in [5.41, 5.74) is 0. The van der Waals surface area contributed by atoms with Crippen molar-refractivity contribution in [2.45, 2.75) is 83.3 Å². The van der Waals surface area contributed by atoms with Crippen LogP contribution in [0.5, 0.6) is 0 Å². The summed E-state index contributed by atoms with van der Waals surface area (Å²) < 4.78 is 0. The lowest BCUT2D eigenvalue weighted by molar-refractivity contribution is -0.137. The van der Waals surface area contributed by atoms with Crippen LogP contribution < -0.4 is 0 Å². The van der Waals surface area contributed by atoms with Gasteiger partial charge in [-0.2, -0.15) is 0 Å². The molecule has 1 heterocycles. The van der Waals surface area contributed by atoms with Gasteiger partial charge in [-0.3, -0.25) is 4.79 Å². The van der Waals surface area contributed by atoms with Crippen LogP contribution >= 0.6 is 11.3 Å². The molecule has 0 saturated carbocycles. The maximum absolute atomic E-state index is 10.4. The number of rotatable bonds is 14. The second-order valence-corrected chi connectivity index (χ2v) is 7.67. The van der Waals surface area contributed by atoms with E-state index in [-0.39, 0.29) is 6.42 Å². The molecule has 0 saturated heterocycles. The molecule has 0 bridgehead atoms. The maximum Gasteiger partial charge on any atom is 0.303 e. The third-order valence-corrected chi connectivity index (χ3v) is 5.33. The number of aliphatic hydroxyl groups excluding tert-OH is 2. The van der Waals surface area contributed by atoms with E-state index in [0.29, 0.717) is 12.8 Å². The molecular formula is C20H32O4S. The zero-order chi connectivity index (χ0) is 18.5. The average molecular weight is 369 g/mol. The van der Waals surface area contributed by atoms with Crippen LogP contribution in [0.1, 0.15) is 87.0 Å². The van der Waals surface area contributed by atoms with Gasteiger partial charge in [0, 0.05) is 16.2 Å². The Balaban J connectivity index is 2.29. The van der Waals surface area contributed by atoms with Gasteiger partial charge < -0.3 is 15.3 Å². The molecule has 0 aromatic carbocycles. The van der Waals surface area contributed by atoms with Crippen molar-refractivity contribution < 1.29 is 20.1 Å². The summed E-state index contributed by atoms with van der Waals surface area (Å²) in [5, 5.41) is 28.7. The van der Waals surface area contributed by atoms with Crippen molar-refractivity contribution in [3.8, 4) is 0 Å². The van der Waals surface area contributed by atoms with E-state index in [1.54, 1.807) is 17.4 Å². The summed E-state index contributed by atoms with van der Waals surface area (Å²) in [7, 11) is 0. The average Bonchev–Trinajstić information content (AvgIpc) is 3.05. The summed E-state index contributed by atoms with van der Waals surface area (Å²) in [6.45, 7) is 2.21. The smallest absolute Gasteiger partial charge is 0.303 e. The van der Waals surface area contributed by atoms with E-state index in [0.717, 1.165) is 22.6 Å². The fourth-order valence-electron chi connectivity index (χ4n) is 2.66. The van der Waals surface area contributed by atoms with Crippen molar-refractivity contribution in [3.63, 3.8) is 0 Å². The number of hydrogen-bond donors (Lipinski definition) is 3. The molecule has 1 aromatic rings. The molecule has 25 heavy (non-hydrogen) atoms. The van der Waals surface area contributed by atoms with Crippen molar-refractivity contribution in [2.75, 3.05) is 0 Å². The van der Waals surface area contributed by atoms with Gasteiger partial charge in [0.1, 0.15) is 0 Å². The van der Waals surface area contributed by atoms with Crippen molar-refractivity contribution in [1.82, 2.24) is 0 Å². The van der Waals surface area contributed by atoms with Crippen LogP contribution in [0, 0.1) is 0 Å². The Morgan fingerprint density at radius 3 is 2.52 bits per heavy atom. The van der Waals surface area contributed by atoms with Gasteiger partial charge >= 0.3 is 5.97 Å². The highest BCUT2D eigenvalue weighted by Gasteiger charge is 2.10. The van der Waals surface area contributed by atoms with Gasteiger partial charge in [-0.15, -0.1) is 11.3 Å². The lowest BCUT2D eigenvalue weighted by Crippen LogP contribution is -2.03. The molecule has 2 atom stereocenters. The van der Waals surface area contributed by atoms with E-state index >= 15 is 0 Å². The number of carbonyl (C=O) groups is 1. The molecule has 1 aromatic heterocycles. The monoisotopic (exact) mass is 368 g/mol. The number of thiophene rings is 1. The Bertz CT molecular complexity index is 510. The number of carboxylic acid groups (broad SMARTS) is 1. The molecule has 0 aliphatic carbocycles. The third-order valence-electron chi connectivity index (χ3n) is 4.18. The SMILES string of the molecule is CCCCCCCCC(O)c1ccc(C=CC(O)CCCC(=O)O)s1. The minimum atomic E-state index is -0.835. The first-order chi connectivity index (χ1) is 12.0. The summed E-state index contributed by atoms with van der Waals surface area (Å²) in [6, 6.07) is 3.90. The minimum absolute atomic E-state index is 0.0820. The molecular weight excluding hydrogens is 336 g/mol. The van der Waals surface area contributed by atoms with Gasteiger partial charge in [-0.05, 0) is 37.5 Å². The fraction of sp³-hybridized carbons (Fsp3) is 0.650. The first-order valence-electron chi connectivity index (χ1n) is 9.38. The van der Waals surface area contributed by atoms with Crippen LogP contribution in [0.4, 0.5) is 0 Å². The minimum Gasteiger partial charge on any atom is -0.481 e. The first-order valence-corrected chi connectivity index (χ1v) is 10.2. The van der Waals surface area contributed by atoms with E-state index in [1.807, 2.05) is 18.2 Å². The number of aliphatic carboxylic acids is 1. The Morgan fingerprint density at radius 2 is 1.80 bits per heavy atom. The van der Waals surface area contributed by atoms with Crippen molar-refractivity contribution in [3.05, 3.63) is 28.0 Å². The Labute approximate surface area is 155 Å². The van der Waals surface area contributed by atoms with Crippen LogP contribution in [0.25, 0.3) is 6.08 Å². The molecule has 142 valence electrons. The normalized spacial score (nSPS) is 14.0. The Morgan fingerprint density at radius 1 is 1.08 bits per heavy atom. The van der Waals surface area contributed by atoms with Crippen molar-refractivity contribution >= 4 is 23.4 Å². The predicted octanol–water partition coefficient (Wildman–Crippen LogP) is 5.16. The van der Waals surface area contributed by atoms with Gasteiger partial charge in [-0.25, -0.2) is 0 Å². The number of hydrogen-bond acceptors (Lipinski definition) is 4. The van der Waals surface area contributed by atoms with E-state index < -0.39 is 18.2 Å². The van der Waals surface area contributed by atoms with Crippen LogP contribution in [-0.2, 0) is 4.79 Å². The summed E-state index contributed by atoms with van der Waals surface area (Å²) in [6.07, 6.45) is 11.6. The van der Waals surface area contributed by atoms with E-state index in [4.69, 9.17) is 5.11 Å². The molecule has 4 nitrogen and oxygen atoms in total. The lowest BCUT2D eigenvalue weighted by atomic mass is 10.1. The highest BCUT2D eigenvalue weighted by Crippen LogP contribution is 2.28. The van der Waals surface area contributed by atoms with Crippen molar-refractivity contribution in [1.29, 1.82) is 0 Å². The second kappa shape index (κ2) is 13.1. The molecule has 0 spiro atoms. The van der Waals surface area contributed by atoms with Crippen LogP contribution in [0.3, 0.4) is 0 Å². The van der Waals surface area contributed by atoms with Gasteiger partial charge in [0.25, 0.3) is 0 Å². The zero-order valence-corrected chi connectivity index (χ0v) is 16.0. The molecule has 5 heteroatoms. The first kappa shape index (κ1) is 21.9. The Kier molecular flexibility index (Phi) is 11.5. The van der Waals surface area contributed by atoms with E-state index in [1.165, 1.54) is 32.1 Å². The topological polar surface area (TPSA) is 77.8 Å². The standard InChI is InChI=1S/C20H32O4S/c1-2-3-4-5-6-7-10-18(22)19-15-14-17(25-19)13-12-16(21)9-8-11-20(23)24/h12-16,18,21-22H,2-11H2,1H3,(H,23,24). The molecule has 2 unspecified atom stereocenters. The van der Waals surface area contributed by atoms with Gasteiger partial charge in [0.15, 0.2) is 0 Å². The molecule has 0 aliphatic heterocycles. The van der Waals surface area contributed by atoms with Crippen molar-refractivity contribution in [2.24, 2.45) is 0 Å². The van der Waals surface area contributed by atoms with Gasteiger partial charge in [0.05, 0.1) is 12.2 Å². The number of carboxylic acids is 1. The fourth-order valence-corrected chi connectivity index (χ4v) is 3.61. The molecule has 3 N–H and O–H groups in total. The highest BCUT2D eigenvalue weighted by atomic mass is 32.1. The molecule has 0 fully saturated rings. The molecule has 0 aliphatic rings. The maximum atomic E-state index is 10.4. The zero-order valence-electron chi connectivity index (χ0n) is 15.2. The molecule has 0 radical (unpaired) electrons. The summed E-state index contributed by atoms with van der Waals surface area (Å²) in [5.74, 6) is -0.835. The molecule has 0 amide bonds.